The SMILES string of the molecule is O=C(O)[C@H]1C[C@@H](c2c(C3CCOCC3)n(-c3cc(F)cc(F)c3)c3ccc(O)cc32)C1. The highest BCUT2D eigenvalue weighted by Gasteiger charge is 2.40. The number of hydrogen-bond donors (Lipinski definition) is 2. The molecule has 1 saturated carbocycles. The standard InChI is InChI=1S/C24H23F2NO4/c25-16-9-17(26)11-18(10-16)27-21-2-1-19(28)12-20(21)22(14-7-15(8-14)24(29)30)23(27)13-3-5-31-6-4-13/h1-2,9-15,28H,3-8H2,(H,29,30)/t14-,15+. The van der Waals surface area contributed by atoms with Crippen LogP contribution in [0.1, 0.15) is 48.8 Å². The van der Waals surface area contributed by atoms with Gasteiger partial charge in [-0.1, -0.05) is 0 Å². The van der Waals surface area contributed by atoms with Crippen LogP contribution in [0.3, 0.4) is 0 Å². The monoisotopic (exact) mass is 427 g/mol. The molecule has 162 valence electrons. The Morgan fingerprint density at radius 2 is 1.68 bits per heavy atom. The molecular weight excluding hydrogens is 404 g/mol. The molecule has 0 atom stereocenters. The third-order valence-corrected chi connectivity index (χ3v) is 6.64. The summed E-state index contributed by atoms with van der Waals surface area (Å²) in [7, 11) is 0. The number of carbonyl (C=O) groups is 1. The molecular formula is C24H23F2NO4. The number of aliphatic carboxylic acids is 1. The Bertz CT molecular complexity index is 1140. The summed E-state index contributed by atoms with van der Waals surface area (Å²) in [6, 6.07) is 8.46. The number of aromatic hydroxyl groups is 1. The van der Waals surface area contributed by atoms with E-state index in [4.69, 9.17) is 4.74 Å². The van der Waals surface area contributed by atoms with Gasteiger partial charge in [0.15, 0.2) is 0 Å². The zero-order valence-electron chi connectivity index (χ0n) is 16.9. The lowest BCUT2D eigenvalue weighted by Crippen LogP contribution is -2.30. The van der Waals surface area contributed by atoms with Gasteiger partial charge in [0.25, 0.3) is 0 Å². The third kappa shape index (κ3) is 3.47. The Labute approximate surface area is 177 Å². The van der Waals surface area contributed by atoms with Crippen molar-refractivity contribution in [2.45, 2.75) is 37.5 Å². The van der Waals surface area contributed by atoms with Gasteiger partial charge in [0, 0.05) is 36.3 Å². The number of phenolic OH excluding ortho intramolecular Hbond substituents is 1. The minimum absolute atomic E-state index is 0.0166. The number of benzene rings is 2. The molecule has 2 N–H and O–H groups in total. The van der Waals surface area contributed by atoms with Crippen molar-refractivity contribution < 1.29 is 28.5 Å². The average Bonchev–Trinajstić information content (AvgIpc) is 3.01. The summed E-state index contributed by atoms with van der Waals surface area (Å²) >= 11 is 0. The number of ether oxygens (including phenoxy) is 1. The number of nitrogens with zero attached hydrogens (tertiary/aromatic N) is 1. The van der Waals surface area contributed by atoms with Gasteiger partial charge in [0.1, 0.15) is 17.4 Å². The maximum Gasteiger partial charge on any atom is 0.306 e. The number of aromatic nitrogens is 1. The van der Waals surface area contributed by atoms with Crippen molar-refractivity contribution in [1.82, 2.24) is 4.57 Å². The molecule has 2 aromatic carbocycles. The average molecular weight is 427 g/mol. The second-order valence-corrected chi connectivity index (χ2v) is 8.55. The fourth-order valence-corrected chi connectivity index (χ4v) is 5.13. The first-order valence-electron chi connectivity index (χ1n) is 10.6. The molecule has 2 aliphatic rings. The molecule has 0 radical (unpaired) electrons. The van der Waals surface area contributed by atoms with E-state index in [-0.39, 0.29) is 17.6 Å². The molecule has 7 heteroatoms. The van der Waals surface area contributed by atoms with Crippen molar-refractivity contribution in [2.24, 2.45) is 5.92 Å². The number of fused-ring (bicyclic) bond motifs is 1. The molecule has 0 spiro atoms. The van der Waals surface area contributed by atoms with Crippen LogP contribution in [0.5, 0.6) is 5.75 Å². The van der Waals surface area contributed by atoms with Crippen LogP contribution in [0.4, 0.5) is 8.78 Å². The molecule has 31 heavy (non-hydrogen) atoms. The number of rotatable bonds is 4. The normalized spacial score (nSPS) is 21.9. The fraction of sp³-hybridized carbons (Fsp3) is 0.375. The third-order valence-electron chi connectivity index (χ3n) is 6.64. The number of halogens is 2. The van der Waals surface area contributed by atoms with Gasteiger partial charge < -0.3 is 19.5 Å². The van der Waals surface area contributed by atoms with E-state index in [2.05, 4.69) is 0 Å². The van der Waals surface area contributed by atoms with Crippen molar-refractivity contribution in [3.63, 3.8) is 0 Å². The molecule has 0 amide bonds. The molecule has 1 aliphatic heterocycles. The number of phenols is 1. The Morgan fingerprint density at radius 1 is 1.00 bits per heavy atom. The maximum atomic E-state index is 14.2. The fourth-order valence-electron chi connectivity index (χ4n) is 5.13. The Balaban J connectivity index is 1.77. The van der Waals surface area contributed by atoms with E-state index in [0.717, 1.165) is 41.1 Å². The molecule has 1 aliphatic carbocycles. The first kappa shape index (κ1) is 20.0. The first-order valence-corrected chi connectivity index (χ1v) is 10.6. The van der Waals surface area contributed by atoms with E-state index in [1.807, 2.05) is 4.57 Å². The van der Waals surface area contributed by atoms with Gasteiger partial charge in [-0.2, -0.15) is 0 Å². The Morgan fingerprint density at radius 3 is 2.32 bits per heavy atom. The molecule has 5 rings (SSSR count). The van der Waals surface area contributed by atoms with Crippen molar-refractivity contribution in [2.75, 3.05) is 13.2 Å². The van der Waals surface area contributed by atoms with Crippen LogP contribution in [0, 0.1) is 17.6 Å². The van der Waals surface area contributed by atoms with Gasteiger partial charge in [-0.25, -0.2) is 8.78 Å². The maximum absolute atomic E-state index is 14.2. The van der Waals surface area contributed by atoms with Crippen LogP contribution in [0.25, 0.3) is 16.6 Å². The van der Waals surface area contributed by atoms with Crippen LogP contribution in [0.2, 0.25) is 0 Å². The molecule has 1 aromatic heterocycles. The lowest BCUT2D eigenvalue weighted by atomic mass is 9.69. The quantitative estimate of drug-likeness (QED) is 0.609. The van der Waals surface area contributed by atoms with E-state index in [0.29, 0.717) is 31.7 Å². The molecule has 0 unspecified atom stereocenters. The molecule has 5 nitrogen and oxygen atoms in total. The summed E-state index contributed by atoms with van der Waals surface area (Å²) in [6.07, 6.45) is 2.56. The number of carboxylic acid groups (broad SMARTS) is 1. The Hall–Kier alpha value is -2.93. The first-order chi connectivity index (χ1) is 14.9. The van der Waals surface area contributed by atoms with Gasteiger partial charge in [-0.05, 0) is 67.5 Å². The van der Waals surface area contributed by atoms with Crippen molar-refractivity contribution >= 4 is 16.9 Å². The lowest BCUT2D eigenvalue weighted by Gasteiger charge is -2.35. The van der Waals surface area contributed by atoms with Gasteiger partial charge in [-0.15, -0.1) is 0 Å². The molecule has 0 bridgehead atoms. The molecule has 1 saturated heterocycles. The van der Waals surface area contributed by atoms with Crippen LogP contribution in [-0.4, -0.2) is 34.0 Å². The minimum atomic E-state index is -0.803. The van der Waals surface area contributed by atoms with Crippen LogP contribution in [0.15, 0.2) is 36.4 Å². The second-order valence-electron chi connectivity index (χ2n) is 8.55. The summed E-state index contributed by atoms with van der Waals surface area (Å²) < 4.78 is 35.7. The van der Waals surface area contributed by atoms with E-state index in [1.54, 1.807) is 18.2 Å². The van der Waals surface area contributed by atoms with E-state index < -0.39 is 23.5 Å². The smallest absolute Gasteiger partial charge is 0.306 e. The summed E-state index contributed by atoms with van der Waals surface area (Å²) in [5.74, 6) is -2.30. The van der Waals surface area contributed by atoms with Gasteiger partial charge in [0.05, 0.1) is 17.1 Å². The zero-order chi connectivity index (χ0) is 21.7. The summed E-state index contributed by atoms with van der Waals surface area (Å²) in [4.78, 5) is 11.4. The highest BCUT2D eigenvalue weighted by atomic mass is 19.1. The number of carboxylic acids is 1. The van der Waals surface area contributed by atoms with Crippen LogP contribution >= 0.6 is 0 Å². The van der Waals surface area contributed by atoms with E-state index in [9.17, 15) is 23.8 Å². The molecule has 2 heterocycles. The topological polar surface area (TPSA) is 71.7 Å². The van der Waals surface area contributed by atoms with Crippen LogP contribution in [-0.2, 0) is 9.53 Å². The van der Waals surface area contributed by atoms with E-state index in [1.165, 1.54) is 12.1 Å². The molecule has 2 fully saturated rings. The minimum Gasteiger partial charge on any atom is -0.508 e. The second kappa shape index (κ2) is 7.64. The summed E-state index contributed by atoms with van der Waals surface area (Å²) in [6.45, 7) is 1.19. The summed E-state index contributed by atoms with van der Waals surface area (Å²) in [5.41, 5.74) is 3.07. The highest BCUT2D eigenvalue weighted by molar-refractivity contribution is 5.90. The molecule has 3 aromatic rings. The predicted octanol–water partition coefficient (Wildman–Crippen LogP) is 5.09. The number of hydrogen-bond acceptors (Lipinski definition) is 3. The van der Waals surface area contributed by atoms with Gasteiger partial charge >= 0.3 is 5.97 Å². The van der Waals surface area contributed by atoms with E-state index >= 15 is 0 Å². The lowest BCUT2D eigenvalue weighted by molar-refractivity contribution is -0.145. The van der Waals surface area contributed by atoms with Gasteiger partial charge in [0.2, 0.25) is 0 Å². The van der Waals surface area contributed by atoms with Crippen molar-refractivity contribution in [3.05, 3.63) is 59.3 Å². The van der Waals surface area contributed by atoms with Crippen molar-refractivity contribution in [1.29, 1.82) is 0 Å². The summed E-state index contributed by atoms with van der Waals surface area (Å²) in [5, 5.41) is 20.4. The van der Waals surface area contributed by atoms with Crippen molar-refractivity contribution in [3.8, 4) is 11.4 Å². The highest BCUT2D eigenvalue weighted by Crippen LogP contribution is 2.50. The van der Waals surface area contributed by atoms with Gasteiger partial charge in [-0.3, -0.25) is 4.79 Å². The zero-order valence-corrected chi connectivity index (χ0v) is 16.9. The van der Waals surface area contributed by atoms with Crippen LogP contribution < -0.4 is 0 Å². The largest absolute Gasteiger partial charge is 0.508 e. The Kier molecular flexibility index (Phi) is 4.93. The predicted molar refractivity (Wildman–Crippen MR) is 111 cm³/mol.